The average molecular weight is 405 g/mol. The number of cyclic esters (lactones) is 1. The Kier molecular flexibility index (Phi) is 7.33. The molecule has 3 rings (SSSR count). The predicted octanol–water partition coefficient (Wildman–Crippen LogP) is 2.65. The zero-order chi connectivity index (χ0) is 20.8. The monoisotopic (exact) mass is 405 g/mol. The third-order valence-corrected chi connectivity index (χ3v) is 5.80. The number of carbonyl (C=O) groups is 2. The standard InChI is InChI=1S/C21H31N3O5/c1-23(20(26)28-14-16-10-6-3-7-11-16)24-13-18(29-21(24)27)19(25)17(22)12-15-8-4-2-5-9-15/h3,6-7,10-11,15,17-19,25H,2,4-5,8-9,12-14,22H2,1H3/t17?,18-,19?/m0/s1. The van der Waals surface area contributed by atoms with Crippen molar-refractivity contribution < 1.29 is 24.2 Å². The van der Waals surface area contributed by atoms with Crippen molar-refractivity contribution in [2.45, 2.75) is 63.4 Å². The number of aliphatic hydroxyl groups excluding tert-OH is 1. The molecule has 1 saturated carbocycles. The maximum atomic E-state index is 12.3. The lowest BCUT2D eigenvalue weighted by Crippen LogP contribution is -2.48. The van der Waals surface area contributed by atoms with Gasteiger partial charge in [-0.2, -0.15) is 0 Å². The van der Waals surface area contributed by atoms with Gasteiger partial charge in [-0.15, -0.1) is 0 Å². The Bertz CT molecular complexity index is 680. The van der Waals surface area contributed by atoms with Gasteiger partial charge in [0, 0.05) is 13.1 Å². The van der Waals surface area contributed by atoms with E-state index in [0.717, 1.165) is 28.4 Å². The first-order chi connectivity index (χ1) is 14.0. The van der Waals surface area contributed by atoms with Gasteiger partial charge in [-0.05, 0) is 17.9 Å². The van der Waals surface area contributed by atoms with Gasteiger partial charge in [0.1, 0.15) is 12.7 Å². The Morgan fingerprint density at radius 2 is 2.00 bits per heavy atom. The van der Waals surface area contributed by atoms with Crippen LogP contribution in [-0.2, 0) is 16.1 Å². The molecule has 3 N–H and O–H groups in total. The number of ether oxygens (including phenoxy) is 2. The van der Waals surface area contributed by atoms with Crippen molar-refractivity contribution in [3.8, 4) is 0 Å². The molecule has 1 saturated heterocycles. The molecule has 2 fully saturated rings. The average Bonchev–Trinajstić information content (AvgIpc) is 3.13. The number of rotatable bonds is 7. The molecule has 8 nitrogen and oxygen atoms in total. The van der Waals surface area contributed by atoms with Crippen molar-refractivity contribution >= 4 is 12.2 Å². The number of carbonyl (C=O) groups excluding carboxylic acids is 2. The second-order valence-corrected chi connectivity index (χ2v) is 7.96. The molecule has 3 atom stereocenters. The number of hydrazine groups is 1. The smallest absolute Gasteiger partial charge is 0.429 e. The Morgan fingerprint density at radius 1 is 1.31 bits per heavy atom. The highest BCUT2D eigenvalue weighted by Crippen LogP contribution is 2.28. The lowest BCUT2D eigenvalue weighted by molar-refractivity contribution is 0.0109. The van der Waals surface area contributed by atoms with Crippen molar-refractivity contribution in [2.24, 2.45) is 11.7 Å². The van der Waals surface area contributed by atoms with Crippen LogP contribution in [0.25, 0.3) is 0 Å². The summed E-state index contributed by atoms with van der Waals surface area (Å²) in [6.07, 6.45) is 3.53. The van der Waals surface area contributed by atoms with E-state index in [-0.39, 0.29) is 13.2 Å². The van der Waals surface area contributed by atoms with Crippen LogP contribution in [-0.4, -0.2) is 59.2 Å². The molecule has 8 heteroatoms. The van der Waals surface area contributed by atoms with E-state index >= 15 is 0 Å². The minimum Gasteiger partial charge on any atom is -0.443 e. The lowest BCUT2D eigenvalue weighted by Gasteiger charge is -2.29. The maximum Gasteiger partial charge on any atom is 0.429 e. The number of aliphatic hydroxyl groups is 1. The third-order valence-electron chi connectivity index (χ3n) is 5.80. The summed E-state index contributed by atoms with van der Waals surface area (Å²) in [5.41, 5.74) is 7.05. The SMILES string of the molecule is CN(C(=O)OCc1ccccc1)N1C[C@@H](C(O)C(N)CC2CCCCC2)OC1=O. The highest BCUT2D eigenvalue weighted by atomic mass is 16.6. The van der Waals surface area contributed by atoms with Crippen LogP contribution in [0.1, 0.15) is 44.1 Å². The Labute approximate surface area is 171 Å². The summed E-state index contributed by atoms with van der Waals surface area (Å²) in [6, 6.07) is 8.81. The molecule has 0 spiro atoms. The summed E-state index contributed by atoms with van der Waals surface area (Å²) in [6.45, 7) is 0.153. The normalized spacial score (nSPS) is 22.1. The number of benzene rings is 1. The first kappa shape index (κ1) is 21.4. The van der Waals surface area contributed by atoms with E-state index in [9.17, 15) is 14.7 Å². The van der Waals surface area contributed by atoms with Gasteiger partial charge in [0.15, 0.2) is 6.10 Å². The van der Waals surface area contributed by atoms with Gasteiger partial charge >= 0.3 is 12.2 Å². The Hall–Kier alpha value is -2.32. The summed E-state index contributed by atoms with van der Waals surface area (Å²) in [5.74, 6) is 0.511. The molecular formula is C21H31N3O5. The first-order valence-electron chi connectivity index (χ1n) is 10.3. The second-order valence-electron chi connectivity index (χ2n) is 7.96. The molecule has 1 aromatic carbocycles. The molecule has 160 valence electrons. The molecule has 0 aromatic heterocycles. The van der Waals surface area contributed by atoms with Crippen molar-refractivity contribution in [1.82, 2.24) is 10.0 Å². The van der Waals surface area contributed by atoms with Gasteiger partial charge in [-0.25, -0.2) is 19.6 Å². The molecule has 2 unspecified atom stereocenters. The summed E-state index contributed by atoms with van der Waals surface area (Å²) < 4.78 is 10.5. The summed E-state index contributed by atoms with van der Waals surface area (Å²) in [4.78, 5) is 24.5. The second kappa shape index (κ2) is 9.93. The molecule has 1 heterocycles. The lowest BCUT2D eigenvalue weighted by atomic mass is 9.83. The number of nitrogens with two attached hydrogens (primary N) is 1. The molecule has 0 bridgehead atoms. The van der Waals surface area contributed by atoms with Crippen LogP contribution < -0.4 is 5.73 Å². The Morgan fingerprint density at radius 3 is 2.69 bits per heavy atom. The van der Waals surface area contributed by atoms with E-state index in [4.69, 9.17) is 15.2 Å². The molecule has 1 aliphatic carbocycles. The first-order valence-corrected chi connectivity index (χ1v) is 10.3. The topological polar surface area (TPSA) is 105 Å². The molecule has 2 amide bonds. The highest BCUT2D eigenvalue weighted by molar-refractivity contribution is 5.75. The molecule has 0 radical (unpaired) electrons. The molecular weight excluding hydrogens is 374 g/mol. The van der Waals surface area contributed by atoms with Crippen LogP contribution in [0.4, 0.5) is 9.59 Å². The molecule has 29 heavy (non-hydrogen) atoms. The number of hydrogen-bond acceptors (Lipinski definition) is 6. The van der Waals surface area contributed by atoms with E-state index in [1.165, 1.54) is 26.3 Å². The number of amides is 2. The van der Waals surface area contributed by atoms with Gasteiger partial charge in [-0.3, -0.25) is 0 Å². The summed E-state index contributed by atoms with van der Waals surface area (Å²) in [5, 5.41) is 12.8. The van der Waals surface area contributed by atoms with Crippen LogP contribution in [0.3, 0.4) is 0 Å². The van der Waals surface area contributed by atoms with Gasteiger partial charge in [0.05, 0.1) is 6.54 Å². The van der Waals surface area contributed by atoms with Crippen molar-refractivity contribution in [3.63, 3.8) is 0 Å². The third kappa shape index (κ3) is 5.61. The molecule has 1 aromatic rings. The van der Waals surface area contributed by atoms with Crippen LogP contribution in [0, 0.1) is 5.92 Å². The van der Waals surface area contributed by atoms with E-state index < -0.39 is 30.4 Å². The fourth-order valence-corrected chi connectivity index (χ4v) is 4.03. The quantitative estimate of drug-likeness (QED) is 0.722. The predicted molar refractivity (Wildman–Crippen MR) is 107 cm³/mol. The van der Waals surface area contributed by atoms with Crippen molar-refractivity contribution in [3.05, 3.63) is 35.9 Å². The number of nitrogens with zero attached hydrogens (tertiary/aromatic N) is 2. The maximum absolute atomic E-state index is 12.3. The fourth-order valence-electron chi connectivity index (χ4n) is 4.03. The zero-order valence-electron chi connectivity index (χ0n) is 16.9. The fraction of sp³-hybridized carbons (Fsp3) is 0.619. The van der Waals surface area contributed by atoms with Crippen LogP contribution >= 0.6 is 0 Å². The van der Waals surface area contributed by atoms with E-state index in [2.05, 4.69) is 0 Å². The van der Waals surface area contributed by atoms with E-state index in [0.29, 0.717) is 12.3 Å². The van der Waals surface area contributed by atoms with Crippen LogP contribution in [0.5, 0.6) is 0 Å². The minimum atomic E-state index is -0.973. The van der Waals surface area contributed by atoms with Gasteiger partial charge in [-0.1, -0.05) is 62.4 Å². The molecule has 2 aliphatic rings. The van der Waals surface area contributed by atoms with Crippen molar-refractivity contribution in [2.75, 3.05) is 13.6 Å². The van der Waals surface area contributed by atoms with E-state index in [1.54, 1.807) is 0 Å². The number of hydrogen-bond donors (Lipinski definition) is 2. The molecule has 1 aliphatic heterocycles. The van der Waals surface area contributed by atoms with Gasteiger partial charge in [0.2, 0.25) is 0 Å². The van der Waals surface area contributed by atoms with E-state index in [1.807, 2.05) is 30.3 Å². The highest BCUT2D eigenvalue weighted by Gasteiger charge is 2.42. The van der Waals surface area contributed by atoms with Crippen LogP contribution in [0.15, 0.2) is 30.3 Å². The zero-order valence-corrected chi connectivity index (χ0v) is 16.9. The van der Waals surface area contributed by atoms with Gasteiger partial charge < -0.3 is 20.3 Å². The minimum absolute atomic E-state index is 0.0509. The summed E-state index contributed by atoms with van der Waals surface area (Å²) >= 11 is 0. The van der Waals surface area contributed by atoms with Crippen LogP contribution in [0.2, 0.25) is 0 Å². The Balaban J connectivity index is 1.49. The van der Waals surface area contributed by atoms with Crippen molar-refractivity contribution in [1.29, 1.82) is 0 Å². The largest absolute Gasteiger partial charge is 0.443 e. The van der Waals surface area contributed by atoms with Gasteiger partial charge in [0.25, 0.3) is 0 Å². The summed E-state index contributed by atoms with van der Waals surface area (Å²) in [7, 11) is 1.44.